The Kier molecular flexibility index (Phi) is 9.17. The fourth-order valence-electron chi connectivity index (χ4n) is 4.89. The number of fused-ring (bicyclic) bond motifs is 1. The van der Waals surface area contributed by atoms with Crippen molar-refractivity contribution in [3.63, 3.8) is 0 Å². The molecule has 0 fully saturated rings. The van der Waals surface area contributed by atoms with Gasteiger partial charge in [-0.2, -0.15) is 13.2 Å². The van der Waals surface area contributed by atoms with Crippen molar-refractivity contribution < 1.29 is 37.1 Å². The van der Waals surface area contributed by atoms with Gasteiger partial charge in [0, 0.05) is 21.7 Å². The van der Waals surface area contributed by atoms with Gasteiger partial charge in [0.25, 0.3) is 5.56 Å². The van der Waals surface area contributed by atoms with Crippen molar-refractivity contribution >= 4 is 45.0 Å². The van der Waals surface area contributed by atoms with E-state index in [0.29, 0.717) is 33.6 Å². The molecule has 4 aromatic rings. The molecule has 0 N–H and O–H groups in total. The highest BCUT2D eigenvalue weighted by molar-refractivity contribution is 9.10. The van der Waals surface area contributed by atoms with Crippen molar-refractivity contribution in [1.82, 2.24) is 4.57 Å². The van der Waals surface area contributed by atoms with Gasteiger partial charge in [-0.05, 0) is 56.3 Å². The summed E-state index contributed by atoms with van der Waals surface area (Å²) in [6.45, 7) is 3.41. The molecule has 2 heterocycles. The number of hydrogen-bond acceptors (Lipinski definition) is 9. The summed E-state index contributed by atoms with van der Waals surface area (Å²) in [6.07, 6.45) is -3.32. The number of halogens is 4. The van der Waals surface area contributed by atoms with Crippen molar-refractivity contribution in [3.8, 4) is 17.2 Å². The van der Waals surface area contributed by atoms with Crippen molar-refractivity contribution in [2.24, 2.45) is 4.99 Å². The van der Waals surface area contributed by atoms with E-state index < -0.39 is 45.7 Å². The van der Waals surface area contributed by atoms with Crippen LogP contribution in [0, 0.1) is 10.1 Å². The number of esters is 1. The normalized spacial score (nSPS) is 14.8. The fraction of sp³-hybridized carbons (Fsp3) is 0.194. The molecule has 0 aliphatic carbocycles. The first-order valence-corrected chi connectivity index (χ1v) is 15.1. The van der Waals surface area contributed by atoms with Gasteiger partial charge in [-0.3, -0.25) is 19.5 Å². The van der Waals surface area contributed by atoms with E-state index in [1.54, 1.807) is 50.2 Å². The highest BCUT2D eigenvalue weighted by Crippen LogP contribution is 2.39. The molecule has 3 aromatic carbocycles. The predicted octanol–water partition coefficient (Wildman–Crippen LogP) is 6.29. The fourth-order valence-corrected chi connectivity index (χ4v) is 6.30. The summed E-state index contributed by atoms with van der Waals surface area (Å²) in [5, 5.41) is 11.7. The molecule has 0 saturated heterocycles. The van der Waals surface area contributed by atoms with Gasteiger partial charge in [0.15, 0.2) is 4.80 Å². The van der Waals surface area contributed by atoms with E-state index in [-0.39, 0.29) is 32.8 Å². The smallest absolute Gasteiger partial charge is 0.416 e. The summed E-state index contributed by atoms with van der Waals surface area (Å²) >= 11 is 4.39. The number of carbonyl (C=O) groups excluding carboxylic acids is 1. The molecule has 1 atom stereocenters. The topological polar surface area (TPSA) is 122 Å². The quantitative estimate of drug-likeness (QED) is 0.119. The molecule has 1 aromatic heterocycles. The Hall–Kier alpha value is -4.76. The Morgan fingerprint density at radius 1 is 1.13 bits per heavy atom. The monoisotopic (exact) mass is 717 g/mol. The number of ether oxygens (including phenoxy) is 3. The maximum atomic E-state index is 14.1. The number of nitro benzene ring substituents is 1. The molecule has 238 valence electrons. The highest BCUT2D eigenvalue weighted by Gasteiger charge is 2.36. The molecule has 1 aliphatic heterocycles. The number of nitrogens with zero attached hydrogens (tertiary/aromatic N) is 3. The van der Waals surface area contributed by atoms with Gasteiger partial charge in [-0.15, -0.1) is 0 Å². The number of carbonyl (C=O) groups is 1. The van der Waals surface area contributed by atoms with Crippen molar-refractivity contribution in [3.05, 3.63) is 123 Å². The zero-order valence-corrected chi connectivity index (χ0v) is 26.7. The SMILES string of the molecule is CCOC(=O)C1=C(C)N=c2s/c(=C/c3cc(Br)ccc3Oc3ccc(C(F)(F)F)cc3[N+](=O)[O-])c(=O)n2C1c1ccccc1OC. The van der Waals surface area contributed by atoms with Gasteiger partial charge in [-0.1, -0.05) is 45.5 Å². The minimum absolute atomic E-state index is 0.0292. The van der Waals surface area contributed by atoms with E-state index in [1.807, 2.05) is 0 Å². The number of alkyl halides is 3. The minimum Gasteiger partial charge on any atom is -0.496 e. The average Bonchev–Trinajstić information content (AvgIpc) is 3.31. The Bertz CT molecular complexity index is 2090. The third-order valence-corrected chi connectivity index (χ3v) is 8.39. The predicted molar refractivity (Wildman–Crippen MR) is 166 cm³/mol. The lowest BCUT2D eigenvalue weighted by Crippen LogP contribution is -2.40. The van der Waals surface area contributed by atoms with Crippen LogP contribution in [0.4, 0.5) is 18.9 Å². The number of thiazole rings is 1. The standard InChI is InChI=1S/C31H23BrF3N3O7S/c1-4-44-29(40)26-16(2)36-30-37(27(26)20-7-5-6-8-23(20)43-3)28(39)25(46-30)14-17-13-19(32)10-12-22(17)45-24-11-9-18(31(33,34)35)15-21(24)38(41)42/h5-15,27H,4H2,1-3H3/b25-14+. The Morgan fingerprint density at radius 3 is 2.52 bits per heavy atom. The summed E-state index contributed by atoms with van der Waals surface area (Å²) in [6, 6.07) is 12.5. The summed E-state index contributed by atoms with van der Waals surface area (Å²) in [5.41, 5.74) is -1.29. The minimum atomic E-state index is -4.80. The van der Waals surface area contributed by atoms with Crippen molar-refractivity contribution in [2.75, 3.05) is 13.7 Å². The molecule has 46 heavy (non-hydrogen) atoms. The van der Waals surface area contributed by atoms with E-state index in [4.69, 9.17) is 14.2 Å². The van der Waals surface area contributed by atoms with Crippen LogP contribution in [0.3, 0.4) is 0 Å². The number of benzene rings is 3. The molecular weight excluding hydrogens is 695 g/mol. The molecular formula is C31H23BrF3N3O7S. The van der Waals surface area contributed by atoms with E-state index in [2.05, 4.69) is 20.9 Å². The largest absolute Gasteiger partial charge is 0.496 e. The van der Waals surface area contributed by atoms with Gasteiger partial charge in [0.05, 0.1) is 40.0 Å². The second-order valence-corrected chi connectivity index (χ2v) is 11.7. The molecule has 15 heteroatoms. The summed E-state index contributed by atoms with van der Waals surface area (Å²) in [7, 11) is 1.47. The lowest BCUT2D eigenvalue weighted by Gasteiger charge is -2.25. The molecule has 10 nitrogen and oxygen atoms in total. The molecule has 0 bridgehead atoms. The zero-order chi connectivity index (χ0) is 33.3. The van der Waals surface area contributed by atoms with Crippen LogP contribution in [0.2, 0.25) is 0 Å². The Balaban J connectivity index is 1.68. The maximum absolute atomic E-state index is 14.1. The van der Waals surface area contributed by atoms with Crippen LogP contribution in [0.1, 0.15) is 36.6 Å². The van der Waals surface area contributed by atoms with Gasteiger partial charge in [0.1, 0.15) is 17.5 Å². The molecule has 1 aliphatic rings. The lowest BCUT2D eigenvalue weighted by atomic mass is 9.95. The van der Waals surface area contributed by atoms with E-state index >= 15 is 0 Å². The number of rotatable bonds is 8. The van der Waals surface area contributed by atoms with Crippen LogP contribution >= 0.6 is 27.3 Å². The number of hydrogen-bond donors (Lipinski definition) is 0. The Morgan fingerprint density at radius 2 is 1.85 bits per heavy atom. The number of methoxy groups -OCH3 is 1. The summed E-state index contributed by atoms with van der Waals surface area (Å²) < 4.78 is 58.5. The van der Waals surface area contributed by atoms with Gasteiger partial charge < -0.3 is 14.2 Å². The number of allylic oxidation sites excluding steroid dienone is 1. The van der Waals surface area contributed by atoms with E-state index in [0.717, 1.165) is 17.4 Å². The summed E-state index contributed by atoms with van der Waals surface area (Å²) in [5.74, 6) is -0.613. The van der Waals surface area contributed by atoms with Gasteiger partial charge in [-0.25, -0.2) is 9.79 Å². The second-order valence-electron chi connectivity index (χ2n) is 9.77. The van der Waals surface area contributed by atoms with E-state index in [9.17, 15) is 32.9 Å². The summed E-state index contributed by atoms with van der Waals surface area (Å²) in [4.78, 5) is 42.8. The van der Waals surface area contributed by atoms with Crippen molar-refractivity contribution in [1.29, 1.82) is 0 Å². The Labute approximate surface area is 271 Å². The average molecular weight is 719 g/mol. The molecule has 0 spiro atoms. The zero-order valence-electron chi connectivity index (χ0n) is 24.3. The molecule has 1 unspecified atom stereocenters. The first-order valence-electron chi connectivity index (χ1n) is 13.5. The number of nitro groups is 1. The van der Waals surface area contributed by atoms with Gasteiger partial charge in [0.2, 0.25) is 5.75 Å². The van der Waals surface area contributed by atoms with Crippen LogP contribution in [0.15, 0.2) is 86.2 Å². The van der Waals surface area contributed by atoms with Gasteiger partial charge >= 0.3 is 17.8 Å². The molecule has 5 rings (SSSR count). The first-order chi connectivity index (χ1) is 21.8. The van der Waals surface area contributed by atoms with Crippen LogP contribution in [0.5, 0.6) is 17.2 Å². The van der Waals surface area contributed by atoms with Crippen LogP contribution in [-0.4, -0.2) is 29.2 Å². The first kappa shape index (κ1) is 32.6. The van der Waals surface area contributed by atoms with Crippen LogP contribution < -0.4 is 24.4 Å². The lowest BCUT2D eigenvalue weighted by molar-refractivity contribution is -0.385. The van der Waals surface area contributed by atoms with Crippen LogP contribution in [-0.2, 0) is 15.7 Å². The number of aromatic nitrogens is 1. The second kappa shape index (κ2) is 12.9. The molecule has 0 radical (unpaired) electrons. The molecule has 0 saturated carbocycles. The molecule has 0 amide bonds. The highest BCUT2D eigenvalue weighted by atomic mass is 79.9. The van der Waals surface area contributed by atoms with Crippen molar-refractivity contribution in [2.45, 2.75) is 26.1 Å². The maximum Gasteiger partial charge on any atom is 0.416 e. The van der Waals surface area contributed by atoms with E-state index in [1.165, 1.54) is 23.8 Å². The number of para-hydroxylation sites is 1. The third kappa shape index (κ3) is 6.33. The third-order valence-electron chi connectivity index (χ3n) is 6.91. The van der Waals surface area contributed by atoms with Crippen LogP contribution in [0.25, 0.3) is 6.08 Å².